The van der Waals surface area contributed by atoms with E-state index in [1.165, 1.54) is 10.9 Å². The van der Waals surface area contributed by atoms with Crippen LogP contribution in [0.25, 0.3) is 10.9 Å². The van der Waals surface area contributed by atoms with Crippen molar-refractivity contribution < 1.29 is 0 Å². The van der Waals surface area contributed by atoms with E-state index in [9.17, 15) is 0 Å². The van der Waals surface area contributed by atoms with Crippen molar-refractivity contribution in [2.75, 3.05) is 19.6 Å². The van der Waals surface area contributed by atoms with Crippen LogP contribution in [-0.2, 0) is 13.6 Å². The lowest BCUT2D eigenvalue weighted by molar-refractivity contribution is 0.145. The summed E-state index contributed by atoms with van der Waals surface area (Å²) >= 11 is 0. The Bertz CT molecular complexity index is 864. The number of hydrogen-bond acceptors (Lipinski definition) is 4. The summed E-state index contributed by atoms with van der Waals surface area (Å²) in [5, 5.41) is 4.76. The Balaban J connectivity index is 0.00000121. The molecule has 0 saturated carbocycles. The summed E-state index contributed by atoms with van der Waals surface area (Å²) in [6.45, 7) is 5.97. The highest BCUT2D eigenvalue weighted by Crippen LogP contribution is 2.26. The van der Waals surface area contributed by atoms with Crippen LogP contribution in [0.2, 0.25) is 0 Å². The van der Waals surface area contributed by atoms with E-state index in [1.54, 1.807) is 0 Å². The van der Waals surface area contributed by atoms with Crippen LogP contribution in [0.3, 0.4) is 0 Å². The molecule has 1 aromatic carbocycles. The van der Waals surface area contributed by atoms with Crippen LogP contribution in [0.1, 0.15) is 23.1 Å². The van der Waals surface area contributed by atoms with Gasteiger partial charge in [-0.3, -0.25) is 9.88 Å². The molecule has 0 radical (unpaired) electrons. The third-order valence-corrected chi connectivity index (χ3v) is 4.81. The van der Waals surface area contributed by atoms with Crippen molar-refractivity contribution in [2.24, 2.45) is 7.05 Å². The maximum absolute atomic E-state index is 4.67. The predicted molar refractivity (Wildman–Crippen MR) is 110 cm³/mol. The second-order valence-corrected chi connectivity index (χ2v) is 6.53. The number of pyridine rings is 1. The first kappa shape index (κ1) is 20.6. The van der Waals surface area contributed by atoms with E-state index in [0.29, 0.717) is 6.04 Å². The van der Waals surface area contributed by atoms with Crippen molar-refractivity contribution in [1.82, 2.24) is 24.8 Å². The van der Waals surface area contributed by atoms with Crippen molar-refractivity contribution in [3.63, 3.8) is 0 Å². The van der Waals surface area contributed by atoms with Crippen molar-refractivity contribution >= 4 is 35.7 Å². The minimum atomic E-state index is 0. The Kier molecular flexibility index (Phi) is 7.01. The first-order valence-electron chi connectivity index (χ1n) is 8.49. The summed E-state index contributed by atoms with van der Waals surface area (Å²) in [5.74, 6) is 1.12. The number of rotatable bonds is 3. The van der Waals surface area contributed by atoms with Gasteiger partial charge in [0, 0.05) is 56.7 Å². The van der Waals surface area contributed by atoms with Gasteiger partial charge in [-0.25, -0.2) is 4.98 Å². The molecule has 5 nitrogen and oxygen atoms in total. The smallest absolute Gasteiger partial charge is 0.127 e. The molecule has 1 saturated heterocycles. The van der Waals surface area contributed by atoms with Crippen LogP contribution in [0.5, 0.6) is 0 Å². The highest BCUT2D eigenvalue weighted by atomic mass is 35.5. The van der Waals surface area contributed by atoms with Crippen molar-refractivity contribution in [2.45, 2.75) is 19.5 Å². The van der Waals surface area contributed by atoms with Gasteiger partial charge in [0.25, 0.3) is 0 Å². The molecule has 1 aliphatic rings. The highest BCUT2D eigenvalue weighted by Gasteiger charge is 2.27. The topological polar surface area (TPSA) is 46.0 Å². The number of para-hydroxylation sites is 1. The second kappa shape index (κ2) is 8.82. The van der Waals surface area contributed by atoms with Crippen molar-refractivity contribution in [3.8, 4) is 0 Å². The number of aromatic nitrogens is 3. The molecule has 7 heteroatoms. The van der Waals surface area contributed by atoms with E-state index < -0.39 is 0 Å². The Labute approximate surface area is 166 Å². The normalized spacial score (nSPS) is 17.5. The summed E-state index contributed by atoms with van der Waals surface area (Å²) in [6, 6.07) is 10.9. The predicted octanol–water partition coefficient (Wildman–Crippen LogP) is 3.27. The van der Waals surface area contributed by atoms with Gasteiger partial charge >= 0.3 is 0 Å². The molecule has 0 amide bonds. The Morgan fingerprint density at radius 1 is 1.23 bits per heavy atom. The standard InChI is InChI=1S/C19H23N5.2ClH/c1-14-11-15(16-5-3-4-6-17(16)22-14)13-24-10-7-20-12-18(24)19-21-8-9-23(19)2;;/h3-6,8-9,11,18,20H,7,10,12-13H2,1-2H3;2*1H. The van der Waals surface area contributed by atoms with Crippen LogP contribution in [0, 0.1) is 6.92 Å². The van der Waals surface area contributed by atoms with Crippen LogP contribution in [-0.4, -0.2) is 39.1 Å². The quantitative estimate of drug-likeness (QED) is 0.741. The monoisotopic (exact) mass is 393 g/mol. The minimum Gasteiger partial charge on any atom is -0.337 e. The summed E-state index contributed by atoms with van der Waals surface area (Å²) in [6.07, 6.45) is 3.90. The second-order valence-electron chi connectivity index (χ2n) is 6.53. The molecule has 2 aromatic heterocycles. The molecule has 1 atom stereocenters. The summed E-state index contributed by atoms with van der Waals surface area (Å²) in [5.41, 5.74) is 3.50. The van der Waals surface area contributed by atoms with Crippen LogP contribution in [0.15, 0.2) is 42.7 Å². The molecule has 140 valence electrons. The first-order chi connectivity index (χ1) is 11.7. The number of fused-ring (bicyclic) bond motifs is 1. The number of halogens is 2. The van der Waals surface area contributed by atoms with Crippen LogP contribution >= 0.6 is 24.8 Å². The van der Waals surface area contributed by atoms with Crippen molar-refractivity contribution in [1.29, 1.82) is 0 Å². The zero-order valence-electron chi connectivity index (χ0n) is 15.1. The minimum absolute atomic E-state index is 0. The lowest BCUT2D eigenvalue weighted by Gasteiger charge is -2.36. The van der Waals surface area contributed by atoms with Gasteiger partial charge in [0.2, 0.25) is 0 Å². The van der Waals surface area contributed by atoms with Gasteiger partial charge in [-0.15, -0.1) is 24.8 Å². The lowest BCUT2D eigenvalue weighted by Crippen LogP contribution is -2.46. The molecule has 4 rings (SSSR count). The van der Waals surface area contributed by atoms with Gasteiger partial charge < -0.3 is 9.88 Å². The Hall–Kier alpha value is -1.66. The average Bonchev–Trinajstić information content (AvgIpc) is 3.01. The van der Waals surface area contributed by atoms with Gasteiger partial charge in [0.1, 0.15) is 5.82 Å². The number of piperazine rings is 1. The molecular weight excluding hydrogens is 369 g/mol. The summed E-state index contributed by atoms with van der Waals surface area (Å²) < 4.78 is 2.13. The fraction of sp³-hybridized carbons (Fsp3) is 0.368. The molecule has 0 bridgehead atoms. The number of nitrogens with zero attached hydrogens (tertiary/aromatic N) is 4. The van der Waals surface area contributed by atoms with Gasteiger partial charge in [-0.1, -0.05) is 18.2 Å². The zero-order valence-corrected chi connectivity index (χ0v) is 16.7. The molecule has 26 heavy (non-hydrogen) atoms. The Morgan fingerprint density at radius 2 is 2.04 bits per heavy atom. The van der Waals surface area contributed by atoms with E-state index in [2.05, 4.69) is 69.1 Å². The SMILES string of the molecule is Cc1cc(CN2CCNCC2c2nccn2C)c2ccccc2n1.Cl.Cl. The maximum Gasteiger partial charge on any atom is 0.127 e. The van der Waals surface area contributed by atoms with Crippen LogP contribution in [0.4, 0.5) is 0 Å². The van der Waals surface area contributed by atoms with Gasteiger partial charge in [0.05, 0.1) is 11.6 Å². The number of benzene rings is 1. The Morgan fingerprint density at radius 3 is 2.81 bits per heavy atom. The van der Waals surface area contributed by atoms with E-state index in [4.69, 9.17) is 0 Å². The van der Waals surface area contributed by atoms with E-state index >= 15 is 0 Å². The fourth-order valence-electron chi connectivity index (χ4n) is 3.63. The molecule has 0 spiro atoms. The van der Waals surface area contributed by atoms with E-state index in [-0.39, 0.29) is 24.8 Å². The van der Waals surface area contributed by atoms with E-state index in [0.717, 1.165) is 43.2 Å². The molecule has 3 heterocycles. The average molecular weight is 394 g/mol. The third-order valence-electron chi connectivity index (χ3n) is 4.81. The molecule has 1 N–H and O–H groups in total. The fourth-order valence-corrected chi connectivity index (χ4v) is 3.63. The zero-order chi connectivity index (χ0) is 16.5. The molecular formula is C19H25Cl2N5. The van der Waals surface area contributed by atoms with Gasteiger partial charge in [0.15, 0.2) is 0 Å². The molecule has 0 aliphatic carbocycles. The molecule has 1 fully saturated rings. The van der Waals surface area contributed by atoms with E-state index in [1.807, 2.05) is 12.4 Å². The molecule has 3 aromatic rings. The maximum atomic E-state index is 4.67. The lowest BCUT2D eigenvalue weighted by atomic mass is 10.1. The summed E-state index contributed by atoms with van der Waals surface area (Å²) in [4.78, 5) is 11.8. The number of aryl methyl sites for hydroxylation is 2. The molecule has 1 unspecified atom stereocenters. The number of imidazole rings is 1. The number of hydrogen-bond donors (Lipinski definition) is 1. The molecule has 1 aliphatic heterocycles. The third kappa shape index (κ3) is 4.01. The highest BCUT2D eigenvalue weighted by molar-refractivity contribution is 5.85. The largest absolute Gasteiger partial charge is 0.337 e. The first-order valence-corrected chi connectivity index (χ1v) is 8.49. The summed E-state index contributed by atoms with van der Waals surface area (Å²) in [7, 11) is 2.07. The number of nitrogens with one attached hydrogen (secondary N) is 1. The van der Waals surface area contributed by atoms with Gasteiger partial charge in [-0.2, -0.15) is 0 Å². The van der Waals surface area contributed by atoms with Crippen molar-refractivity contribution in [3.05, 3.63) is 59.8 Å². The van der Waals surface area contributed by atoms with Crippen LogP contribution < -0.4 is 5.32 Å². The van der Waals surface area contributed by atoms with Gasteiger partial charge in [-0.05, 0) is 24.6 Å².